The zero-order valence-corrected chi connectivity index (χ0v) is 9.42. The molecule has 2 aliphatic heterocycles. The van der Waals surface area contributed by atoms with Crippen LogP contribution in [-0.2, 0) is 4.79 Å². The van der Waals surface area contributed by atoms with Crippen LogP contribution in [0, 0.1) is 0 Å². The third kappa shape index (κ3) is 1.65. The zero-order chi connectivity index (χ0) is 10.3. The summed E-state index contributed by atoms with van der Waals surface area (Å²) >= 11 is 0. The molecule has 3 nitrogen and oxygen atoms in total. The summed E-state index contributed by atoms with van der Waals surface area (Å²) in [5.74, 6) is 0.364. The maximum Gasteiger partial charge on any atom is 0.222 e. The van der Waals surface area contributed by atoms with Crippen LogP contribution in [0.2, 0.25) is 0 Å². The number of nitrogens with zero attached hydrogens (tertiary/aromatic N) is 2. The van der Waals surface area contributed by atoms with E-state index in [-0.39, 0.29) is 5.54 Å². The number of carbonyl (C=O) groups excluding carboxylic acids is 1. The molecule has 0 N–H and O–H groups in total. The minimum absolute atomic E-state index is 0.263. The van der Waals surface area contributed by atoms with E-state index in [9.17, 15) is 4.79 Å². The summed E-state index contributed by atoms with van der Waals surface area (Å²) in [6.45, 7) is 9.81. The van der Waals surface area contributed by atoms with E-state index in [0.717, 1.165) is 32.5 Å². The molecule has 14 heavy (non-hydrogen) atoms. The standard InChI is InChI=1S/C11H20N2O/c1-11(2,3)12-7-9(8-12)13-6-4-5-10(13)14/h9H,4-8H2,1-3H3. The first-order valence-electron chi connectivity index (χ1n) is 5.53. The summed E-state index contributed by atoms with van der Waals surface area (Å²) in [5, 5.41) is 0. The minimum atomic E-state index is 0.263. The van der Waals surface area contributed by atoms with Crippen molar-refractivity contribution in [3.63, 3.8) is 0 Å². The van der Waals surface area contributed by atoms with Gasteiger partial charge in [0.15, 0.2) is 0 Å². The highest BCUT2D eigenvalue weighted by Crippen LogP contribution is 2.26. The third-order valence-electron chi connectivity index (χ3n) is 3.36. The van der Waals surface area contributed by atoms with Gasteiger partial charge in [0.2, 0.25) is 5.91 Å². The molecule has 80 valence electrons. The first-order valence-corrected chi connectivity index (χ1v) is 5.53. The smallest absolute Gasteiger partial charge is 0.222 e. The molecule has 0 spiro atoms. The lowest BCUT2D eigenvalue weighted by Crippen LogP contribution is -2.64. The summed E-state index contributed by atoms with van der Waals surface area (Å²) in [7, 11) is 0. The van der Waals surface area contributed by atoms with Crippen LogP contribution in [0.15, 0.2) is 0 Å². The van der Waals surface area contributed by atoms with Crippen molar-refractivity contribution in [2.75, 3.05) is 19.6 Å². The molecule has 2 heterocycles. The van der Waals surface area contributed by atoms with E-state index in [1.165, 1.54) is 0 Å². The van der Waals surface area contributed by atoms with E-state index in [2.05, 4.69) is 30.6 Å². The van der Waals surface area contributed by atoms with Crippen LogP contribution in [-0.4, -0.2) is 46.9 Å². The SMILES string of the molecule is CC(C)(C)N1CC(N2CCCC2=O)C1. The van der Waals surface area contributed by atoms with E-state index < -0.39 is 0 Å². The average molecular weight is 196 g/mol. The van der Waals surface area contributed by atoms with E-state index >= 15 is 0 Å². The van der Waals surface area contributed by atoms with Gasteiger partial charge in [0, 0.05) is 31.6 Å². The summed E-state index contributed by atoms with van der Waals surface area (Å²) in [6, 6.07) is 0.504. The fraction of sp³-hybridized carbons (Fsp3) is 0.909. The van der Waals surface area contributed by atoms with E-state index in [1.54, 1.807) is 0 Å². The highest BCUT2D eigenvalue weighted by atomic mass is 16.2. The largest absolute Gasteiger partial charge is 0.337 e. The molecular weight excluding hydrogens is 176 g/mol. The van der Waals surface area contributed by atoms with Crippen LogP contribution < -0.4 is 0 Å². The van der Waals surface area contributed by atoms with Crippen molar-refractivity contribution >= 4 is 5.91 Å². The predicted octanol–water partition coefficient (Wildman–Crippen LogP) is 1.09. The normalized spacial score (nSPS) is 25.6. The Balaban J connectivity index is 1.86. The number of hydrogen-bond donors (Lipinski definition) is 0. The Bertz CT molecular complexity index is 238. The molecule has 2 rings (SSSR count). The molecule has 1 amide bonds. The Hall–Kier alpha value is -0.570. The lowest BCUT2D eigenvalue weighted by Gasteiger charge is -2.50. The molecule has 0 aromatic heterocycles. The van der Waals surface area contributed by atoms with Crippen LogP contribution in [0.5, 0.6) is 0 Å². The van der Waals surface area contributed by atoms with Gasteiger partial charge in [-0.2, -0.15) is 0 Å². The third-order valence-corrected chi connectivity index (χ3v) is 3.36. The van der Waals surface area contributed by atoms with Crippen LogP contribution in [0.25, 0.3) is 0 Å². The number of hydrogen-bond acceptors (Lipinski definition) is 2. The van der Waals surface area contributed by atoms with Crippen molar-refractivity contribution in [3.8, 4) is 0 Å². The van der Waals surface area contributed by atoms with Gasteiger partial charge in [-0.3, -0.25) is 9.69 Å². The quantitative estimate of drug-likeness (QED) is 0.627. The highest BCUT2D eigenvalue weighted by molar-refractivity contribution is 5.78. The van der Waals surface area contributed by atoms with Crippen LogP contribution in [0.3, 0.4) is 0 Å². The van der Waals surface area contributed by atoms with Crippen molar-refractivity contribution in [3.05, 3.63) is 0 Å². The van der Waals surface area contributed by atoms with Crippen molar-refractivity contribution in [1.29, 1.82) is 0 Å². The summed E-state index contributed by atoms with van der Waals surface area (Å²) in [6.07, 6.45) is 1.83. The summed E-state index contributed by atoms with van der Waals surface area (Å²) in [4.78, 5) is 16.0. The van der Waals surface area contributed by atoms with Crippen LogP contribution >= 0.6 is 0 Å². The predicted molar refractivity (Wildman–Crippen MR) is 56.1 cm³/mol. The molecule has 0 aliphatic carbocycles. The van der Waals surface area contributed by atoms with E-state index in [4.69, 9.17) is 0 Å². The summed E-state index contributed by atoms with van der Waals surface area (Å²) < 4.78 is 0. The Labute approximate surface area is 86.1 Å². The van der Waals surface area contributed by atoms with Gasteiger partial charge in [0.1, 0.15) is 0 Å². The van der Waals surface area contributed by atoms with Gasteiger partial charge in [-0.05, 0) is 27.2 Å². The van der Waals surface area contributed by atoms with Crippen molar-refractivity contribution in [2.45, 2.75) is 45.2 Å². The maximum absolute atomic E-state index is 11.5. The second-order valence-electron chi connectivity index (χ2n) is 5.42. The van der Waals surface area contributed by atoms with Crippen LogP contribution in [0.4, 0.5) is 0 Å². The molecule has 0 aromatic rings. The lowest BCUT2D eigenvalue weighted by molar-refractivity contribution is -0.134. The molecule has 0 atom stereocenters. The lowest BCUT2D eigenvalue weighted by atomic mass is 9.97. The Morgan fingerprint density at radius 1 is 1.29 bits per heavy atom. The number of carbonyl (C=O) groups is 1. The Morgan fingerprint density at radius 3 is 2.36 bits per heavy atom. The molecule has 2 aliphatic rings. The van der Waals surface area contributed by atoms with Crippen molar-refractivity contribution in [1.82, 2.24) is 9.80 Å². The molecule has 2 saturated heterocycles. The first-order chi connectivity index (χ1) is 6.48. The number of rotatable bonds is 1. The summed E-state index contributed by atoms with van der Waals surface area (Å²) in [5.41, 5.74) is 0.263. The van der Waals surface area contributed by atoms with Gasteiger partial charge in [-0.15, -0.1) is 0 Å². The first kappa shape index (κ1) is 9.97. The zero-order valence-electron chi connectivity index (χ0n) is 9.42. The fourth-order valence-electron chi connectivity index (χ4n) is 2.26. The molecular formula is C11H20N2O. The van der Waals surface area contributed by atoms with Crippen molar-refractivity contribution < 1.29 is 4.79 Å². The molecule has 0 unspecified atom stereocenters. The molecule has 0 saturated carbocycles. The van der Waals surface area contributed by atoms with Crippen LogP contribution in [0.1, 0.15) is 33.6 Å². The van der Waals surface area contributed by atoms with E-state index in [0.29, 0.717) is 11.9 Å². The van der Waals surface area contributed by atoms with Gasteiger partial charge >= 0.3 is 0 Å². The molecule has 0 radical (unpaired) electrons. The topological polar surface area (TPSA) is 23.6 Å². The number of likely N-dealkylation sites (tertiary alicyclic amines) is 2. The van der Waals surface area contributed by atoms with Gasteiger partial charge in [-0.25, -0.2) is 0 Å². The average Bonchev–Trinajstić information content (AvgIpc) is 2.30. The van der Waals surface area contributed by atoms with Gasteiger partial charge in [0.25, 0.3) is 0 Å². The molecule has 2 fully saturated rings. The second kappa shape index (κ2) is 3.23. The second-order valence-corrected chi connectivity index (χ2v) is 5.42. The number of amides is 1. The molecule has 0 bridgehead atoms. The monoisotopic (exact) mass is 196 g/mol. The maximum atomic E-state index is 11.5. The van der Waals surface area contributed by atoms with Gasteiger partial charge in [-0.1, -0.05) is 0 Å². The molecule has 3 heteroatoms. The highest BCUT2D eigenvalue weighted by Gasteiger charge is 2.40. The molecule has 0 aromatic carbocycles. The van der Waals surface area contributed by atoms with Gasteiger partial charge in [0.05, 0.1) is 6.04 Å². The van der Waals surface area contributed by atoms with Crippen molar-refractivity contribution in [2.24, 2.45) is 0 Å². The minimum Gasteiger partial charge on any atom is -0.337 e. The fourth-order valence-corrected chi connectivity index (χ4v) is 2.26. The van der Waals surface area contributed by atoms with Gasteiger partial charge < -0.3 is 4.90 Å². The van der Waals surface area contributed by atoms with E-state index in [1.807, 2.05) is 0 Å². The Morgan fingerprint density at radius 2 is 1.93 bits per heavy atom. The Kier molecular flexibility index (Phi) is 2.30.